The van der Waals surface area contributed by atoms with Crippen molar-refractivity contribution in [2.75, 3.05) is 0 Å². The van der Waals surface area contributed by atoms with Gasteiger partial charge in [-0.1, -0.05) is 0 Å². The van der Waals surface area contributed by atoms with E-state index < -0.39 is 35.5 Å². The molecule has 1 saturated carbocycles. The maximum Gasteiger partial charge on any atom is 0.209 e. The standard InChI is InChI=1S/C8H8O4/c1-4-6(10)2-5(9)3-7(11)8(4)12/h4H,2-3H2,1H3. The Labute approximate surface area is 68.9 Å². The van der Waals surface area contributed by atoms with Gasteiger partial charge in [0, 0.05) is 0 Å². The highest BCUT2D eigenvalue weighted by Gasteiger charge is 2.33. The summed E-state index contributed by atoms with van der Waals surface area (Å²) in [7, 11) is 0. The second kappa shape index (κ2) is 2.97. The molecular formula is C8H8O4. The minimum Gasteiger partial charge on any atom is -0.299 e. The Kier molecular flexibility index (Phi) is 2.17. The van der Waals surface area contributed by atoms with E-state index >= 15 is 0 Å². The van der Waals surface area contributed by atoms with Crippen molar-refractivity contribution < 1.29 is 19.2 Å². The van der Waals surface area contributed by atoms with E-state index in [1.54, 1.807) is 0 Å². The Balaban J connectivity index is 2.95. The molecule has 4 heteroatoms. The Morgan fingerprint density at radius 3 is 2.25 bits per heavy atom. The third-order valence-corrected chi connectivity index (χ3v) is 1.88. The molecule has 1 aliphatic rings. The Bertz CT molecular complexity index is 277. The van der Waals surface area contributed by atoms with E-state index in [2.05, 4.69) is 0 Å². The quantitative estimate of drug-likeness (QED) is 0.283. The predicted molar refractivity (Wildman–Crippen MR) is 38.4 cm³/mol. The van der Waals surface area contributed by atoms with Crippen molar-refractivity contribution in [2.24, 2.45) is 5.92 Å². The number of ketones is 4. The van der Waals surface area contributed by atoms with Gasteiger partial charge in [-0.2, -0.15) is 0 Å². The van der Waals surface area contributed by atoms with Gasteiger partial charge in [0.2, 0.25) is 11.6 Å². The van der Waals surface area contributed by atoms with Gasteiger partial charge in [0.15, 0.2) is 5.78 Å². The molecule has 0 aromatic carbocycles. The average Bonchev–Trinajstić information content (AvgIpc) is 2.05. The fraction of sp³-hybridized carbons (Fsp3) is 0.500. The van der Waals surface area contributed by atoms with Crippen LogP contribution in [-0.2, 0) is 19.2 Å². The van der Waals surface area contributed by atoms with Crippen LogP contribution in [-0.4, -0.2) is 23.1 Å². The van der Waals surface area contributed by atoms with Crippen LogP contribution in [0.25, 0.3) is 0 Å². The van der Waals surface area contributed by atoms with Gasteiger partial charge in [-0.05, 0) is 6.92 Å². The van der Waals surface area contributed by atoms with Crippen LogP contribution in [0, 0.1) is 5.92 Å². The van der Waals surface area contributed by atoms with Gasteiger partial charge in [-0.15, -0.1) is 0 Å². The van der Waals surface area contributed by atoms with Gasteiger partial charge in [0.25, 0.3) is 0 Å². The maximum atomic E-state index is 11.0. The molecule has 0 bridgehead atoms. The number of Topliss-reactive ketones (excluding diaryl/α,β-unsaturated/α-hetero) is 4. The van der Waals surface area contributed by atoms with Crippen LogP contribution < -0.4 is 0 Å². The van der Waals surface area contributed by atoms with Crippen molar-refractivity contribution >= 4 is 23.1 Å². The second-order valence-electron chi connectivity index (χ2n) is 2.87. The second-order valence-corrected chi connectivity index (χ2v) is 2.87. The minimum atomic E-state index is -0.927. The molecule has 0 saturated heterocycles. The van der Waals surface area contributed by atoms with Crippen molar-refractivity contribution in [1.82, 2.24) is 0 Å². The van der Waals surface area contributed by atoms with E-state index in [1.807, 2.05) is 0 Å². The summed E-state index contributed by atoms with van der Waals surface area (Å²) >= 11 is 0. The average molecular weight is 168 g/mol. The number of carbonyl (C=O) groups excluding carboxylic acids is 4. The summed E-state index contributed by atoms with van der Waals surface area (Å²) < 4.78 is 0. The van der Waals surface area contributed by atoms with Crippen LogP contribution in [0.2, 0.25) is 0 Å². The van der Waals surface area contributed by atoms with E-state index in [0.29, 0.717) is 0 Å². The van der Waals surface area contributed by atoms with Crippen LogP contribution in [0.1, 0.15) is 19.8 Å². The van der Waals surface area contributed by atoms with Gasteiger partial charge in [-0.3, -0.25) is 19.2 Å². The third kappa shape index (κ3) is 1.47. The number of rotatable bonds is 0. The molecule has 0 aromatic rings. The van der Waals surface area contributed by atoms with Crippen molar-refractivity contribution in [3.8, 4) is 0 Å². The molecule has 64 valence electrons. The molecule has 1 atom stereocenters. The highest BCUT2D eigenvalue weighted by Crippen LogP contribution is 2.11. The lowest BCUT2D eigenvalue weighted by Crippen LogP contribution is -2.24. The van der Waals surface area contributed by atoms with Crippen LogP contribution in [0.3, 0.4) is 0 Å². The van der Waals surface area contributed by atoms with E-state index in [-0.39, 0.29) is 6.42 Å². The Hall–Kier alpha value is -1.32. The fourth-order valence-corrected chi connectivity index (χ4v) is 1.06. The first-order valence-corrected chi connectivity index (χ1v) is 3.64. The number of hydrogen-bond acceptors (Lipinski definition) is 4. The largest absolute Gasteiger partial charge is 0.299 e. The molecule has 1 unspecified atom stereocenters. The molecule has 1 rings (SSSR count). The van der Waals surface area contributed by atoms with E-state index in [0.717, 1.165) is 0 Å². The lowest BCUT2D eigenvalue weighted by molar-refractivity contribution is -0.141. The molecule has 0 heterocycles. The first-order valence-electron chi connectivity index (χ1n) is 3.64. The first kappa shape index (κ1) is 8.77. The van der Waals surface area contributed by atoms with Crippen molar-refractivity contribution in [1.29, 1.82) is 0 Å². The minimum absolute atomic E-state index is 0.279. The first-order chi connectivity index (χ1) is 5.52. The molecule has 12 heavy (non-hydrogen) atoms. The SMILES string of the molecule is CC1C(=O)CC(=O)CC(=O)C1=O. The normalized spacial score (nSPS) is 25.9. The van der Waals surface area contributed by atoms with E-state index in [1.165, 1.54) is 6.92 Å². The van der Waals surface area contributed by atoms with Gasteiger partial charge >= 0.3 is 0 Å². The van der Waals surface area contributed by atoms with Crippen LogP contribution in [0.15, 0.2) is 0 Å². The summed E-state index contributed by atoms with van der Waals surface area (Å²) in [6.45, 7) is 1.36. The summed E-state index contributed by atoms with van der Waals surface area (Å²) in [5.41, 5.74) is 0. The third-order valence-electron chi connectivity index (χ3n) is 1.88. The zero-order valence-corrected chi connectivity index (χ0v) is 6.62. The van der Waals surface area contributed by atoms with Crippen molar-refractivity contribution in [2.45, 2.75) is 19.8 Å². The van der Waals surface area contributed by atoms with Crippen molar-refractivity contribution in [3.63, 3.8) is 0 Å². The molecule has 0 spiro atoms. The summed E-state index contributed by atoms with van der Waals surface area (Å²) in [4.78, 5) is 43.6. The summed E-state index contributed by atoms with van der Waals surface area (Å²) in [6, 6.07) is 0. The summed E-state index contributed by atoms with van der Waals surface area (Å²) in [5, 5.41) is 0. The lowest BCUT2D eigenvalue weighted by Gasteiger charge is -2.00. The topological polar surface area (TPSA) is 68.3 Å². The Morgan fingerprint density at radius 1 is 1.08 bits per heavy atom. The monoisotopic (exact) mass is 168 g/mol. The highest BCUT2D eigenvalue weighted by molar-refractivity contribution is 6.46. The molecule has 0 aromatic heterocycles. The van der Waals surface area contributed by atoms with Gasteiger partial charge < -0.3 is 0 Å². The van der Waals surface area contributed by atoms with E-state index in [4.69, 9.17) is 0 Å². The molecule has 4 nitrogen and oxygen atoms in total. The molecule has 1 fully saturated rings. The smallest absolute Gasteiger partial charge is 0.209 e. The van der Waals surface area contributed by atoms with Crippen LogP contribution >= 0.6 is 0 Å². The highest BCUT2D eigenvalue weighted by atomic mass is 16.2. The lowest BCUT2D eigenvalue weighted by atomic mass is 10.00. The van der Waals surface area contributed by atoms with Gasteiger partial charge in [0.1, 0.15) is 5.78 Å². The van der Waals surface area contributed by atoms with Crippen LogP contribution in [0.4, 0.5) is 0 Å². The molecular weight excluding hydrogens is 160 g/mol. The van der Waals surface area contributed by atoms with Crippen LogP contribution in [0.5, 0.6) is 0 Å². The van der Waals surface area contributed by atoms with Gasteiger partial charge in [0.05, 0.1) is 18.8 Å². The molecule has 1 aliphatic carbocycles. The number of hydrogen-bond donors (Lipinski definition) is 0. The maximum absolute atomic E-state index is 11.0. The van der Waals surface area contributed by atoms with Crippen molar-refractivity contribution in [3.05, 3.63) is 0 Å². The number of carbonyl (C=O) groups is 4. The molecule has 0 aliphatic heterocycles. The zero-order valence-electron chi connectivity index (χ0n) is 6.62. The molecule has 0 N–H and O–H groups in total. The fourth-order valence-electron chi connectivity index (χ4n) is 1.06. The van der Waals surface area contributed by atoms with E-state index in [9.17, 15) is 19.2 Å². The zero-order chi connectivity index (χ0) is 9.30. The molecule has 0 radical (unpaired) electrons. The van der Waals surface area contributed by atoms with Gasteiger partial charge in [-0.25, -0.2) is 0 Å². The Morgan fingerprint density at radius 2 is 1.67 bits per heavy atom. The molecule has 0 amide bonds. The summed E-state index contributed by atoms with van der Waals surface area (Å²) in [6.07, 6.45) is -0.687. The predicted octanol–water partition coefficient (Wildman–Crippen LogP) is -0.307. The summed E-state index contributed by atoms with van der Waals surface area (Å²) in [5.74, 6) is -3.30.